The molecule has 2 rings (SSSR count). The molecule has 1 unspecified atom stereocenters. The van der Waals surface area contributed by atoms with Crippen LogP contribution in [0.2, 0.25) is 5.02 Å². The Morgan fingerprint density at radius 1 is 1.29 bits per heavy atom. The molecule has 0 bridgehead atoms. The summed E-state index contributed by atoms with van der Waals surface area (Å²) in [6.45, 7) is 0. The molecule has 0 fully saturated rings. The molecule has 0 spiro atoms. The molecule has 0 saturated heterocycles. The summed E-state index contributed by atoms with van der Waals surface area (Å²) in [5.74, 6) is 0. The maximum atomic E-state index is 6.15. The van der Waals surface area contributed by atoms with E-state index >= 15 is 0 Å². The zero-order valence-corrected chi connectivity index (χ0v) is 8.80. The van der Waals surface area contributed by atoms with Gasteiger partial charge in [0.25, 0.3) is 0 Å². The van der Waals surface area contributed by atoms with Crippen molar-refractivity contribution in [3.8, 4) is 0 Å². The molecular weight excluding hydrogens is 194 g/mol. The van der Waals surface area contributed by atoms with E-state index in [4.69, 9.17) is 17.3 Å². The highest BCUT2D eigenvalue weighted by atomic mass is 35.5. The standard InChI is InChI=1S/C12H14ClN/c13-11-8-4-3-7-10(11)12(14)9-5-1-2-6-9/h3-5,7-8,12H,1-2,6,14H2. The SMILES string of the molecule is NC(C1=CCCC1)c1ccccc1Cl. The van der Waals surface area contributed by atoms with Gasteiger partial charge < -0.3 is 5.73 Å². The minimum absolute atomic E-state index is 0.00815. The smallest absolute Gasteiger partial charge is 0.0525 e. The molecule has 0 saturated carbocycles. The highest BCUT2D eigenvalue weighted by molar-refractivity contribution is 6.31. The molecule has 74 valence electrons. The lowest BCUT2D eigenvalue weighted by Crippen LogP contribution is -2.12. The van der Waals surface area contributed by atoms with E-state index in [-0.39, 0.29) is 6.04 Å². The lowest BCUT2D eigenvalue weighted by atomic mass is 9.99. The number of benzene rings is 1. The third-order valence-electron chi connectivity index (χ3n) is 2.72. The highest BCUT2D eigenvalue weighted by Crippen LogP contribution is 2.31. The van der Waals surface area contributed by atoms with Gasteiger partial charge in [0.2, 0.25) is 0 Å². The molecule has 1 nitrogen and oxygen atoms in total. The Hall–Kier alpha value is -0.790. The van der Waals surface area contributed by atoms with Gasteiger partial charge >= 0.3 is 0 Å². The number of allylic oxidation sites excluding steroid dienone is 1. The van der Waals surface area contributed by atoms with Gasteiger partial charge in [-0.05, 0) is 30.9 Å². The van der Waals surface area contributed by atoms with Gasteiger partial charge in [-0.1, -0.05) is 41.4 Å². The van der Waals surface area contributed by atoms with Crippen molar-refractivity contribution in [1.82, 2.24) is 0 Å². The summed E-state index contributed by atoms with van der Waals surface area (Å²) in [7, 11) is 0. The molecule has 0 heterocycles. The zero-order chi connectivity index (χ0) is 9.97. The van der Waals surface area contributed by atoms with E-state index in [1.807, 2.05) is 24.3 Å². The fraction of sp³-hybridized carbons (Fsp3) is 0.333. The van der Waals surface area contributed by atoms with Gasteiger partial charge in [-0.25, -0.2) is 0 Å². The van der Waals surface area contributed by atoms with Crippen LogP contribution in [0.15, 0.2) is 35.9 Å². The first-order chi connectivity index (χ1) is 6.79. The topological polar surface area (TPSA) is 26.0 Å². The van der Waals surface area contributed by atoms with Crippen LogP contribution in [-0.2, 0) is 0 Å². The molecule has 1 atom stereocenters. The van der Waals surface area contributed by atoms with Crippen LogP contribution >= 0.6 is 11.6 Å². The predicted molar refractivity (Wildman–Crippen MR) is 60.3 cm³/mol. The van der Waals surface area contributed by atoms with Crippen molar-refractivity contribution < 1.29 is 0 Å². The summed E-state index contributed by atoms with van der Waals surface area (Å²) in [5.41, 5.74) is 8.52. The number of halogens is 1. The first-order valence-electron chi connectivity index (χ1n) is 4.98. The Morgan fingerprint density at radius 2 is 2.07 bits per heavy atom. The van der Waals surface area contributed by atoms with Gasteiger partial charge in [0, 0.05) is 5.02 Å². The zero-order valence-electron chi connectivity index (χ0n) is 8.04. The van der Waals surface area contributed by atoms with E-state index in [9.17, 15) is 0 Å². The van der Waals surface area contributed by atoms with Crippen molar-refractivity contribution in [2.24, 2.45) is 5.73 Å². The number of rotatable bonds is 2. The van der Waals surface area contributed by atoms with Crippen LogP contribution in [0.1, 0.15) is 30.9 Å². The molecule has 2 heteroatoms. The second-order valence-electron chi connectivity index (χ2n) is 3.67. The van der Waals surface area contributed by atoms with E-state index in [1.165, 1.54) is 12.0 Å². The summed E-state index contributed by atoms with van der Waals surface area (Å²) in [4.78, 5) is 0. The lowest BCUT2D eigenvalue weighted by molar-refractivity contribution is 0.785. The molecule has 1 aliphatic rings. The minimum atomic E-state index is -0.00815. The third-order valence-corrected chi connectivity index (χ3v) is 3.06. The lowest BCUT2D eigenvalue weighted by Gasteiger charge is -2.14. The average molecular weight is 208 g/mol. The molecule has 0 amide bonds. The van der Waals surface area contributed by atoms with Crippen molar-refractivity contribution >= 4 is 11.6 Å². The van der Waals surface area contributed by atoms with Crippen molar-refractivity contribution in [3.63, 3.8) is 0 Å². The Bertz CT molecular complexity index is 357. The van der Waals surface area contributed by atoms with Crippen LogP contribution < -0.4 is 5.73 Å². The first kappa shape index (κ1) is 9.75. The molecular formula is C12H14ClN. The quantitative estimate of drug-likeness (QED) is 0.739. The van der Waals surface area contributed by atoms with Gasteiger partial charge in [0.05, 0.1) is 6.04 Å². The Morgan fingerprint density at radius 3 is 2.71 bits per heavy atom. The fourth-order valence-corrected chi connectivity index (χ4v) is 2.16. The molecule has 1 aromatic rings. The predicted octanol–water partition coefficient (Wildman–Crippen LogP) is 3.45. The fourth-order valence-electron chi connectivity index (χ4n) is 1.91. The monoisotopic (exact) mass is 207 g/mol. The Labute approximate surface area is 89.6 Å². The second-order valence-corrected chi connectivity index (χ2v) is 4.08. The normalized spacial score (nSPS) is 18.0. The maximum Gasteiger partial charge on any atom is 0.0525 e. The van der Waals surface area contributed by atoms with Crippen molar-refractivity contribution in [3.05, 3.63) is 46.5 Å². The molecule has 1 aliphatic carbocycles. The van der Waals surface area contributed by atoms with Crippen LogP contribution in [0.5, 0.6) is 0 Å². The van der Waals surface area contributed by atoms with E-state index in [0.29, 0.717) is 0 Å². The molecule has 14 heavy (non-hydrogen) atoms. The van der Waals surface area contributed by atoms with Crippen molar-refractivity contribution in [2.45, 2.75) is 25.3 Å². The van der Waals surface area contributed by atoms with Crippen LogP contribution in [0, 0.1) is 0 Å². The minimum Gasteiger partial charge on any atom is -0.321 e. The van der Waals surface area contributed by atoms with Gasteiger partial charge in [-0.3, -0.25) is 0 Å². The van der Waals surface area contributed by atoms with Gasteiger partial charge in [0.1, 0.15) is 0 Å². The molecule has 1 aromatic carbocycles. The van der Waals surface area contributed by atoms with Gasteiger partial charge in [0.15, 0.2) is 0 Å². The molecule has 2 N–H and O–H groups in total. The summed E-state index contributed by atoms with van der Waals surface area (Å²) >= 11 is 6.09. The summed E-state index contributed by atoms with van der Waals surface area (Å²) in [5, 5.41) is 0.771. The number of nitrogens with two attached hydrogens (primary N) is 1. The Balaban J connectivity index is 2.26. The van der Waals surface area contributed by atoms with E-state index in [0.717, 1.165) is 23.4 Å². The molecule has 0 aromatic heterocycles. The van der Waals surface area contributed by atoms with Gasteiger partial charge in [-0.15, -0.1) is 0 Å². The first-order valence-corrected chi connectivity index (χ1v) is 5.36. The summed E-state index contributed by atoms with van der Waals surface area (Å²) in [6.07, 6.45) is 5.75. The van der Waals surface area contributed by atoms with Crippen molar-refractivity contribution in [1.29, 1.82) is 0 Å². The average Bonchev–Trinajstić information content (AvgIpc) is 2.70. The molecule has 0 radical (unpaired) electrons. The maximum absolute atomic E-state index is 6.15. The van der Waals surface area contributed by atoms with Gasteiger partial charge in [-0.2, -0.15) is 0 Å². The van der Waals surface area contributed by atoms with E-state index < -0.39 is 0 Å². The van der Waals surface area contributed by atoms with Crippen LogP contribution in [0.25, 0.3) is 0 Å². The largest absolute Gasteiger partial charge is 0.321 e. The highest BCUT2D eigenvalue weighted by Gasteiger charge is 2.16. The summed E-state index contributed by atoms with van der Waals surface area (Å²) in [6, 6.07) is 7.81. The summed E-state index contributed by atoms with van der Waals surface area (Å²) < 4.78 is 0. The van der Waals surface area contributed by atoms with Crippen LogP contribution in [-0.4, -0.2) is 0 Å². The van der Waals surface area contributed by atoms with Crippen LogP contribution in [0.4, 0.5) is 0 Å². The molecule has 0 aliphatic heterocycles. The number of hydrogen-bond donors (Lipinski definition) is 1. The van der Waals surface area contributed by atoms with E-state index in [2.05, 4.69) is 6.08 Å². The van der Waals surface area contributed by atoms with Crippen molar-refractivity contribution in [2.75, 3.05) is 0 Å². The second kappa shape index (κ2) is 4.16. The van der Waals surface area contributed by atoms with Crippen LogP contribution in [0.3, 0.4) is 0 Å². The third kappa shape index (κ3) is 1.84. The van der Waals surface area contributed by atoms with E-state index in [1.54, 1.807) is 0 Å². The number of hydrogen-bond acceptors (Lipinski definition) is 1. The Kier molecular flexibility index (Phi) is 2.90.